The zero-order chi connectivity index (χ0) is 12.0. The lowest BCUT2D eigenvalue weighted by Crippen LogP contribution is -2.40. The Balaban J connectivity index is 2.63. The SMILES string of the molecule is C=CCC1N=C(Cl)N=C(Cl)N1CCCCC. The molecule has 0 aromatic heterocycles. The number of amidine groups is 2. The van der Waals surface area contributed by atoms with Gasteiger partial charge in [0.2, 0.25) is 10.6 Å². The fraction of sp³-hybridized carbons (Fsp3) is 0.636. The van der Waals surface area contributed by atoms with E-state index in [1.165, 1.54) is 12.8 Å². The molecule has 0 saturated carbocycles. The first-order valence-electron chi connectivity index (χ1n) is 5.54. The largest absolute Gasteiger partial charge is 0.324 e. The average molecular weight is 262 g/mol. The van der Waals surface area contributed by atoms with Crippen LogP contribution in [0.4, 0.5) is 0 Å². The van der Waals surface area contributed by atoms with Crippen molar-refractivity contribution in [3.05, 3.63) is 12.7 Å². The van der Waals surface area contributed by atoms with Crippen molar-refractivity contribution < 1.29 is 0 Å². The van der Waals surface area contributed by atoms with E-state index in [-0.39, 0.29) is 11.5 Å². The first-order chi connectivity index (χ1) is 7.69. The third kappa shape index (κ3) is 3.80. The van der Waals surface area contributed by atoms with E-state index in [1.54, 1.807) is 0 Å². The smallest absolute Gasteiger partial charge is 0.222 e. The van der Waals surface area contributed by atoms with Gasteiger partial charge in [0.15, 0.2) is 0 Å². The summed E-state index contributed by atoms with van der Waals surface area (Å²) in [4.78, 5) is 10.2. The van der Waals surface area contributed by atoms with Crippen LogP contribution < -0.4 is 0 Å². The van der Waals surface area contributed by atoms with Gasteiger partial charge < -0.3 is 4.90 Å². The van der Waals surface area contributed by atoms with Crippen LogP contribution in [0.15, 0.2) is 22.6 Å². The topological polar surface area (TPSA) is 28.0 Å². The van der Waals surface area contributed by atoms with E-state index < -0.39 is 0 Å². The molecule has 0 amide bonds. The lowest BCUT2D eigenvalue weighted by molar-refractivity contribution is 0.314. The number of unbranched alkanes of at least 4 members (excludes halogenated alkanes) is 2. The second-order valence-electron chi connectivity index (χ2n) is 3.68. The third-order valence-electron chi connectivity index (χ3n) is 2.42. The molecular weight excluding hydrogens is 245 g/mol. The summed E-state index contributed by atoms with van der Waals surface area (Å²) in [6.07, 6.45) is 5.95. The fourth-order valence-electron chi connectivity index (χ4n) is 1.59. The minimum atomic E-state index is -0.0492. The normalized spacial score (nSPS) is 20.4. The molecule has 90 valence electrons. The number of halogens is 2. The fourth-order valence-corrected chi connectivity index (χ4v) is 2.10. The summed E-state index contributed by atoms with van der Waals surface area (Å²) in [5.74, 6) is 0. The number of aliphatic imine (C=N–C) groups is 2. The Morgan fingerprint density at radius 2 is 2.19 bits per heavy atom. The Morgan fingerprint density at radius 1 is 1.44 bits per heavy atom. The van der Waals surface area contributed by atoms with Gasteiger partial charge in [0.25, 0.3) is 0 Å². The van der Waals surface area contributed by atoms with Gasteiger partial charge in [-0.25, -0.2) is 4.99 Å². The van der Waals surface area contributed by atoms with Crippen molar-refractivity contribution in [3.8, 4) is 0 Å². The summed E-state index contributed by atoms with van der Waals surface area (Å²) in [6.45, 7) is 6.75. The van der Waals surface area contributed by atoms with Crippen molar-refractivity contribution in [1.82, 2.24) is 4.90 Å². The summed E-state index contributed by atoms with van der Waals surface area (Å²) in [5.41, 5.74) is 0. The van der Waals surface area contributed by atoms with Crippen LogP contribution in [-0.2, 0) is 0 Å². The highest BCUT2D eigenvalue weighted by molar-refractivity contribution is 6.71. The highest BCUT2D eigenvalue weighted by Crippen LogP contribution is 2.18. The van der Waals surface area contributed by atoms with Crippen molar-refractivity contribution in [2.75, 3.05) is 6.54 Å². The number of nitrogens with zero attached hydrogens (tertiary/aromatic N) is 3. The zero-order valence-corrected chi connectivity index (χ0v) is 11.0. The molecule has 0 saturated heterocycles. The van der Waals surface area contributed by atoms with E-state index in [9.17, 15) is 0 Å². The quantitative estimate of drug-likeness (QED) is 0.408. The second-order valence-corrected chi connectivity index (χ2v) is 4.36. The van der Waals surface area contributed by atoms with E-state index in [4.69, 9.17) is 23.2 Å². The van der Waals surface area contributed by atoms with Gasteiger partial charge >= 0.3 is 0 Å². The molecule has 1 rings (SSSR count). The molecule has 16 heavy (non-hydrogen) atoms. The van der Waals surface area contributed by atoms with Crippen LogP contribution in [0, 0.1) is 0 Å². The zero-order valence-electron chi connectivity index (χ0n) is 9.49. The van der Waals surface area contributed by atoms with Crippen LogP contribution in [0.1, 0.15) is 32.6 Å². The van der Waals surface area contributed by atoms with E-state index >= 15 is 0 Å². The summed E-state index contributed by atoms with van der Waals surface area (Å²) in [5, 5.41) is 0.659. The van der Waals surface area contributed by atoms with Gasteiger partial charge in [-0.3, -0.25) is 0 Å². The van der Waals surface area contributed by atoms with Crippen LogP contribution in [0.5, 0.6) is 0 Å². The molecule has 1 aliphatic rings. The molecule has 0 radical (unpaired) electrons. The second kappa shape index (κ2) is 6.92. The summed E-state index contributed by atoms with van der Waals surface area (Å²) in [6, 6.07) is 0. The van der Waals surface area contributed by atoms with Crippen LogP contribution in [0.2, 0.25) is 0 Å². The lowest BCUT2D eigenvalue weighted by atomic mass is 10.2. The van der Waals surface area contributed by atoms with Gasteiger partial charge in [0, 0.05) is 13.0 Å². The van der Waals surface area contributed by atoms with E-state index in [2.05, 4.69) is 23.5 Å². The molecule has 0 aromatic carbocycles. The first-order valence-corrected chi connectivity index (χ1v) is 6.29. The van der Waals surface area contributed by atoms with Crippen LogP contribution in [-0.4, -0.2) is 28.2 Å². The molecule has 0 fully saturated rings. The molecule has 1 heterocycles. The maximum Gasteiger partial charge on any atom is 0.222 e. The maximum absolute atomic E-state index is 6.06. The van der Waals surface area contributed by atoms with Gasteiger partial charge in [0.05, 0.1) is 0 Å². The summed E-state index contributed by atoms with van der Waals surface area (Å²) in [7, 11) is 0. The lowest BCUT2D eigenvalue weighted by Gasteiger charge is -2.31. The Bertz CT molecular complexity index is 300. The first kappa shape index (κ1) is 13.5. The predicted molar refractivity (Wildman–Crippen MR) is 71.4 cm³/mol. The van der Waals surface area contributed by atoms with Crippen LogP contribution in [0.25, 0.3) is 0 Å². The van der Waals surface area contributed by atoms with Gasteiger partial charge in [-0.15, -0.1) is 6.58 Å². The molecule has 1 aliphatic heterocycles. The molecule has 5 heteroatoms. The Kier molecular flexibility index (Phi) is 5.85. The Hall–Kier alpha value is -0.540. The molecule has 0 N–H and O–H groups in total. The monoisotopic (exact) mass is 261 g/mol. The van der Waals surface area contributed by atoms with Crippen molar-refractivity contribution in [2.24, 2.45) is 9.98 Å². The molecule has 0 spiro atoms. The van der Waals surface area contributed by atoms with Crippen molar-refractivity contribution in [2.45, 2.75) is 38.8 Å². The number of hydrogen-bond donors (Lipinski definition) is 0. The molecule has 0 bridgehead atoms. The third-order valence-corrected chi connectivity index (χ3v) is 2.90. The van der Waals surface area contributed by atoms with E-state index in [1.807, 2.05) is 11.0 Å². The summed E-state index contributed by atoms with van der Waals surface area (Å²) >= 11 is 11.8. The van der Waals surface area contributed by atoms with E-state index in [0.717, 1.165) is 19.4 Å². The molecule has 3 nitrogen and oxygen atoms in total. The average Bonchev–Trinajstić information content (AvgIpc) is 2.22. The van der Waals surface area contributed by atoms with Crippen molar-refractivity contribution in [1.29, 1.82) is 0 Å². The van der Waals surface area contributed by atoms with Crippen LogP contribution >= 0.6 is 23.2 Å². The molecular formula is C11H17Cl2N3. The number of hydrogen-bond acceptors (Lipinski definition) is 3. The van der Waals surface area contributed by atoms with Gasteiger partial charge in [0.1, 0.15) is 6.17 Å². The van der Waals surface area contributed by atoms with Crippen LogP contribution in [0.3, 0.4) is 0 Å². The van der Waals surface area contributed by atoms with E-state index in [0.29, 0.717) is 5.29 Å². The van der Waals surface area contributed by atoms with Gasteiger partial charge in [-0.2, -0.15) is 4.99 Å². The van der Waals surface area contributed by atoms with Gasteiger partial charge in [-0.05, 0) is 29.6 Å². The minimum absolute atomic E-state index is 0.0492. The van der Waals surface area contributed by atoms with Crippen molar-refractivity contribution in [3.63, 3.8) is 0 Å². The highest BCUT2D eigenvalue weighted by atomic mass is 35.5. The predicted octanol–water partition coefficient (Wildman–Crippen LogP) is 3.58. The summed E-state index contributed by atoms with van der Waals surface area (Å²) < 4.78 is 0. The Morgan fingerprint density at radius 3 is 2.81 bits per heavy atom. The molecule has 1 atom stereocenters. The minimum Gasteiger partial charge on any atom is -0.324 e. The highest BCUT2D eigenvalue weighted by Gasteiger charge is 2.23. The standard InChI is InChI=1S/C11H17Cl2N3/c1-3-5-6-8-16-9(7-4-2)14-10(12)15-11(16)13/h4,9H,2-3,5-8H2,1H3. The van der Waals surface area contributed by atoms with Crippen molar-refractivity contribution >= 4 is 33.8 Å². The maximum atomic E-state index is 6.06. The number of rotatable bonds is 6. The molecule has 0 aliphatic carbocycles. The Labute approximate surface area is 107 Å². The molecule has 0 aromatic rings. The van der Waals surface area contributed by atoms with Gasteiger partial charge in [-0.1, -0.05) is 25.8 Å². The molecule has 1 unspecified atom stereocenters.